The Balaban J connectivity index is 1.91. The second-order valence-corrected chi connectivity index (χ2v) is 11.4. The summed E-state index contributed by atoms with van der Waals surface area (Å²) in [5.41, 5.74) is 2.70. The van der Waals surface area contributed by atoms with Crippen LogP contribution in [0, 0.1) is 0 Å². The molecule has 0 bridgehead atoms. The number of nitrogens with zero attached hydrogens (tertiary/aromatic N) is 1. The van der Waals surface area contributed by atoms with Gasteiger partial charge in [-0.1, -0.05) is 106 Å². The standard InChI is InChI=1S/C32H38Cl2N2O3/c1-5-6-19-35-31(38)29(20-23-11-8-7-9-12-23)36(21-26-27(33)13-10-14-28(26)34)30(37)22-39-25-17-15-24(16-18-25)32(2,3)4/h7-18,29H,5-6,19-22H2,1-4H3,(H,35,38)/t29-/m1/s1. The Hall–Kier alpha value is -3.02. The molecular formula is C32H38Cl2N2O3. The second-order valence-electron chi connectivity index (χ2n) is 10.6. The van der Waals surface area contributed by atoms with E-state index in [4.69, 9.17) is 27.9 Å². The van der Waals surface area contributed by atoms with Crippen LogP contribution in [0.2, 0.25) is 10.0 Å². The molecule has 0 unspecified atom stereocenters. The van der Waals surface area contributed by atoms with Gasteiger partial charge in [0.15, 0.2) is 6.61 Å². The smallest absolute Gasteiger partial charge is 0.261 e. The number of amides is 2. The van der Waals surface area contributed by atoms with Crippen molar-refractivity contribution >= 4 is 35.0 Å². The molecule has 0 radical (unpaired) electrons. The Morgan fingerprint density at radius 2 is 1.56 bits per heavy atom. The zero-order valence-corrected chi connectivity index (χ0v) is 24.7. The van der Waals surface area contributed by atoms with E-state index in [9.17, 15) is 9.59 Å². The molecule has 0 aliphatic heterocycles. The van der Waals surface area contributed by atoms with E-state index in [1.165, 1.54) is 10.5 Å². The second kappa shape index (κ2) is 14.4. The highest BCUT2D eigenvalue weighted by molar-refractivity contribution is 6.36. The van der Waals surface area contributed by atoms with Crippen molar-refractivity contribution in [1.82, 2.24) is 10.2 Å². The van der Waals surface area contributed by atoms with E-state index >= 15 is 0 Å². The fourth-order valence-electron chi connectivity index (χ4n) is 4.19. The lowest BCUT2D eigenvalue weighted by atomic mass is 9.87. The third-order valence-electron chi connectivity index (χ3n) is 6.57. The summed E-state index contributed by atoms with van der Waals surface area (Å²) in [5, 5.41) is 3.88. The van der Waals surface area contributed by atoms with Crippen molar-refractivity contribution in [2.45, 2.75) is 65.0 Å². The van der Waals surface area contributed by atoms with Gasteiger partial charge in [-0.3, -0.25) is 9.59 Å². The highest BCUT2D eigenvalue weighted by atomic mass is 35.5. The average Bonchev–Trinajstić information content (AvgIpc) is 2.91. The third kappa shape index (κ3) is 9.01. The van der Waals surface area contributed by atoms with E-state index in [1.54, 1.807) is 18.2 Å². The van der Waals surface area contributed by atoms with Crippen LogP contribution in [0.3, 0.4) is 0 Å². The highest BCUT2D eigenvalue weighted by Gasteiger charge is 2.31. The minimum Gasteiger partial charge on any atom is -0.484 e. The minimum absolute atomic E-state index is 0.00909. The van der Waals surface area contributed by atoms with Crippen molar-refractivity contribution in [2.75, 3.05) is 13.2 Å². The van der Waals surface area contributed by atoms with Crippen molar-refractivity contribution in [3.05, 3.63) is 99.5 Å². The van der Waals surface area contributed by atoms with Crippen molar-refractivity contribution in [3.8, 4) is 5.75 Å². The van der Waals surface area contributed by atoms with Crippen LogP contribution in [0.15, 0.2) is 72.8 Å². The van der Waals surface area contributed by atoms with Crippen LogP contribution >= 0.6 is 23.2 Å². The zero-order valence-electron chi connectivity index (χ0n) is 23.2. The molecule has 0 saturated heterocycles. The number of benzene rings is 3. The Bertz CT molecular complexity index is 1200. The highest BCUT2D eigenvalue weighted by Crippen LogP contribution is 2.28. The quantitative estimate of drug-likeness (QED) is 0.234. The molecular weight excluding hydrogens is 531 g/mol. The number of hydrogen-bond acceptors (Lipinski definition) is 3. The summed E-state index contributed by atoms with van der Waals surface area (Å²) in [6, 6.07) is 21.8. The topological polar surface area (TPSA) is 58.6 Å². The zero-order chi connectivity index (χ0) is 28.4. The normalized spacial score (nSPS) is 12.1. The van der Waals surface area contributed by atoms with E-state index < -0.39 is 6.04 Å². The van der Waals surface area contributed by atoms with Gasteiger partial charge in [-0.15, -0.1) is 0 Å². The van der Waals surface area contributed by atoms with Gasteiger partial charge in [0.05, 0.1) is 0 Å². The van der Waals surface area contributed by atoms with Gasteiger partial charge >= 0.3 is 0 Å². The largest absolute Gasteiger partial charge is 0.484 e. The number of ether oxygens (including phenoxy) is 1. The first-order valence-electron chi connectivity index (χ1n) is 13.4. The van der Waals surface area contributed by atoms with Crippen LogP contribution in [0.1, 0.15) is 57.2 Å². The van der Waals surface area contributed by atoms with Gasteiger partial charge in [-0.05, 0) is 47.2 Å². The third-order valence-corrected chi connectivity index (χ3v) is 7.28. The molecule has 0 saturated carbocycles. The Morgan fingerprint density at radius 1 is 0.923 bits per heavy atom. The maximum Gasteiger partial charge on any atom is 0.261 e. The SMILES string of the molecule is CCCCNC(=O)[C@@H](Cc1ccccc1)N(Cc1c(Cl)cccc1Cl)C(=O)COc1ccc(C(C)(C)C)cc1. The Kier molecular flexibility index (Phi) is 11.3. The van der Waals surface area contributed by atoms with Gasteiger partial charge in [-0.2, -0.15) is 0 Å². The molecule has 39 heavy (non-hydrogen) atoms. The van der Waals surface area contributed by atoms with Gasteiger partial charge in [0.2, 0.25) is 5.91 Å². The minimum atomic E-state index is -0.782. The van der Waals surface area contributed by atoms with Gasteiger partial charge in [0, 0.05) is 35.1 Å². The molecule has 208 valence electrons. The number of nitrogens with one attached hydrogen (secondary N) is 1. The first kappa shape index (κ1) is 30.5. The predicted molar refractivity (Wildman–Crippen MR) is 160 cm³/mol. The van der Waals surface area contributed by atoms with Gasteiger partial charge in [0.25, 0.3) is 5.91 Å². The maximum absolute atomic E-state index is 13.8. The van der Waals surface area contributed by atoms with Crippen molar-refractivity contribution in [2.24, 2.45) is 0 Å². The van der Waals surface area contributed by atoms with Gasteiger partial charge < -0.3 is 15.0 Å². The van der Waals surface area contributed by atoms with E-state index in [0.29, 0.717) is 34.3 Å². The van der Waals surface area contributed by atoms with Crippen molar-refractivity contribution in [3.63, 3.8) is 0 Å². The van der Waals surface area contributed by atoms with Crippen molar-refractivity contribution < 1.29 is 14.3 Å². The molecule has 5 nitrogen and oxygen atoms in total. The lowest BCUT2D eigenvalue weighted by Gasteiger charge is -2.32. The summed E-state index contributed by atoms with van der Waals surface area (Å²) >= 11 is 13.0. The number of hydrogen-bond donors (Lipinski definition) is 1. The molecule has 1 atom stereocenters. The monoisotopic (exact) mass is 568 g/mol. The molecule has 0 aliphatic carbocycles. The first-order valence-corrected chi connectivity index (χ1v) is 14.1. The number of unbranched alkanes of at least 4 members (excludes halogenated alkanes) is 1. The number of carbonyl (C=O) groups excluding carboxylic acids is 2. The van der Waals surface area contributed by atoms with E-state index in [-0.39, 0.29) is 30.4 Å². The molecule has 0 aromatic heterocycles. The first-order chi connectivity index (χ1) is 18.6. The summed E-state index contributed by atoms with van der Waals surface area (Å²) in [7, 11) is 0. The molecule has 2 amide bonds. The van der Waals surface area contributed by atoms with Crippen LogP contribution in [0.4, 0.5) is 0 Å². The Labute approximate surface area is 242 Å². The van der Waals surface area contributed by atoms with Gasteiger partial charge in [0.1, 0.15) is 11.8 Å². The molecule has 3 aromatic rings. The van der Waals surface area contributed by atoms with E-state index in [2.05, 4.69) is 33.0 Å². The summed E-state index contributed by atoms with van der Waals surface area (Å²) in [5.74, 6) is 0.0231. The molecule has 3 rings (SSSR count). The average molecular weight is 570 g/mol. The number of carbonyl (C=O) groups is 2. The molecule has 0 aliphatic rings. The van der Waals surface area contributed by atoms with Crippen LogP contribution in [0.25, 0.3) is 0 Å². The lowest BCUT2D eigenvalue weighted by Crippen LogP contribution is -2.52. The van der Waals surface area contributed by atoms with E-state index in [0.717, 1.165) is 18.4 Å². The van der Waals surface area contributed by atoms with Crippen LogP contribution in [-0.4, -0.2) is 35.9 Å². The lowest BCUT2D eigenvalue weighted by molar-refractivity contribution is -0.142. The summed E-state index contributed by atoms with van der Waals surface area (Å²) < 4.78 is 5.90. The number of halogens is 2. The van der Waals surface area contributed by atoms with Crippen LogP contribution in [0.5, 0.6) is 5.75 Å². The molecule has 3 aromatic carbocycles. The maximum atomic E-state index is 13.8. The van der Waals surface area contributed by atoms with Crippen molar-refractivity contribution in [1.29, 1.82) is 0 Å². The fourth-order valence-corrected chi connectivity index (χ4v) is 4.71. The van der Waals surface area contributed by atoms with Crippen LogP contribution in [-0.2, 0) is 28.0 Å². The number of rotatable bonds is 12. The molecule has 7 heteroatoms. The predicted octanol–water partition coefficient (Wildman–Crippen LogP) is 7.23. The fraction of sp³-hybridized carbons (Fsp3) is 0.375. The summed E-state index contributed by atoms with van der Waals surface area (Å²) in [6.07, 6.45) is 2.14. The van der Waals surface area contributed by atoms with E-state index in [1.807, 2.05) is 54.6 Å². The Morgan fingerprint density at radius 3 is 2.15 bits per heavy atom. The molecule has 1 N–H and O–H groups in total. The molecule has 0 spiro atoms. The summed E-state index contributed by atoms with van der Waals surface area (Å²) in [6.45, 7) is 8.86. The molecule has 0 heterocycles. The molecule has 0 fully saturated rings. The van der Waals surface area contributed by atoms with Crippen LogP contribution < -0.4 is 10.1 Å². The summed E-state index contributed by atoms with van der Waals surface area (Å²) in [4.78, 5) is 28.8. The van der Waals surface area contributed by atoms with Gasteiger partial charge in [-0.25, -0.2) is 0 Å².